The molecule has 0 amide bonds. The van der Waals surface area contributed by atoms with Crippen LogP contribution in [0.2, 0.25) is 0 Å². The third-order valence-electron chi connectivity index (χ3n) is 3.58. The maximum absolute atomic E-state index is 11.3. The van der Waals surface area contributed by atoms with Crippen LogP contribution in [0.25, 0.3) is 10.8 Å². The van der Waals surface area contributed by atoms with Gasteiger partial charge in [0.15, 0.2) is 0 Å². The Morgan fingerprint density at radius 3 is 2.43 bits per heavy atom. The minimum atomic E-state index is -4.29. The molecule has 6 heteroatoms. The first-order valence-corrected chi connectivity index (χ1v) is 8.18. The first kappa shape index (κ1) is 15.6. The zero-order chi connectivity index (χ0) is 15.8. The van der Waals surface area contributed by atoms with Crippen LogP contribution in [-0.2, 0) is 16.5 Å². The van der Waals surface area contributed by atoms with Gasteiger partial charge in [-0.15, -0.1) is 0 Å². The van der Waals surface area contributed by atoms with Crippen LogP contribution in [0.4, 0.5) is 5.69 Å². The van der Waals surface area contributed by atoms with E-state index in [2.05, 4.69) is 5.32 Å². The summed E-state index contributed by atoms with van der Waals surface area (Å²) >= 11 is 0. The molecule has 0 aliphatic rings. The molecule has 2 aromatic carbocycles. The molecule has 2 aromatic rings. The third kappa shape index (κ3) is 2.82. The highest BCUT2D eigenvalue weighted by molar-refractivity contribution is 7.85. The highest BCUT2D eigenvalue weighted by Gasteiger charge is 2.18. The summed E-state index contributed by atoms with van der Waals surface area (Å²) in [7, 11) is -2.65. The molecule has 2 rings (SSSR count). The van der Waals surface area contributed by atoms with Gasteiger partial charge >= 0.3 is 0 Å². The Kier molecular flexibility index (Phi) is 4.11. The number of phenols is 1. The minimum absolute atomic E-state index is 0.165. The van der Waals surface area contributed by atoms with Gasteiger partial charge in [0.1, 0.15) is 5.75 Å². The lowest BCUT2D eigenvalue weighted by atomic mass is 9.96. The van der Waals surface area contributed by atoms with E-state index in [-0.39, 0.29) is 10.6 Å². The first-order chi connectivity index (χ1) is 9.79. The molecule has 0 aliphatic carbocycles. The largest absolute Gasteiger partial charge is 0.507 e. The van der Waals surface area contributed by atoms with E-state index in [0.29, 0.717) is 16.5 Å². The second kappa shape index (κ2) is 5.54. The molecule has 3 N–H and O–H groups in total. The lowest BCUT2D eigenvalue weighted by molar-refractivity contribution is 0.473. The molecule has 0 unspecified atom stereocenters. The monoisotopic (exact) mass is 309 g/mol. The van der Waals surface area contributed by atoms with E-state index in [1.165, 1.54) is 12.1 Å². The van der Waals surface area contributed by atoms with E-state index < -0.39 is 10.1 Å². The Balaban J connectivity index is 2.89. The maximum Gasteiger partial charge on any atom is 0.294 e. The summed E-state index contributed by atoms with van der Waals surface area (Å²) in [6, 6.07) is 4.52. The van der Waals surface area contributed by atoms with E-state index in [4.69, 9.17) is 0 Å². The van der Waals surface area contributed by atoms with Crippen molar-refractivity contribution in [1.29, 1.82) is 0 Å². The van der Waals surface area contributed by atoms with E-state index >= 15 is 0 Å². The number of aryl methyl sites for hydroxylation is 1. The Morgan fingerprint density at radius 2 is 1.90 bits per heavy atom. The number of fused-ring (bicyclic) bond motifs is 1. The Morgan fingerprint density at radius 1 is 1.24 bits per heavy atom. The number of phenolic OH excluding ortho intramolecular Hbond substituents is 1. The van der Waals surface area contributed by atoms with Crippen LogP contribution in [0.15, 0.2) is 23.1 Å². The molecule has 0 radical (unpaired) electrons. The normalized spacial score (nSPS) is 11.8. The van der Waals surface area contributed by atoms with Crippen molar-refractivity contribution in [2.24, 2.45) is 0 Å². The second-order valence-corrected chi connectivity index (χ2v) is 6.49. The van der Waals surface area contributed by atoms with Crippen molar-refractivity contribution in [3.05, 3.63) is 29.3 Å². The molecule has 0 heterocycles. The molecular formula is C15H19NO4S. The predicted molar refractivity (Wildman–Crippen MR) is 83.7 cm³/mol. The zero-order valence-electron chi connectivity index (χ0n) is 12.3. The highest BCUT2D eigenvalue weighted by atomic mass is 32.2. The lowest BCUT2D eigenvalue weighted by Crippen LogP contribution is -2.01. The standard InChI is InChI=1S/C15H19NO4S/c1-4-5-12-9(2)6-10-7-11(21(18,19)20)8-13(16-3)14(10)15(12)17/h6-8,16-17H,4-5H2,1-3H3,(H,18,19,20). The van der Waals surface area contributed by atoms with Crippen molar-refractivity contribution < 1.29 is 18.1 Å². The number of aromatic hydroxyl groups is 1. The van der Waals surface area contributed by atoms with Crippen LogP contribution in [0, 0.1) is 6.92 Å². The van der Waals surface area contributed by atoms with Crippen molar-refractivity contribution in [2.45, 2.75) is 31.6 Å². The summed E-state index contributed by atoms with van der Waals surface area (Å²) < 4.78 is 31.9. The zero-order valence-corrected chi connectivity index (χ0v) is 13.1. The Bertz CT molecular complexity index is 797. The molecule has 5 nitrogen and oxygen atoms in total. The van der Waals surface area contributed by atoms with Gasteiger partial charge < -0.3 is 10.4 Å². The van der Waals surface area contributed by atoms with Crippen molar-refractivity contribution in [3.63, 3.8) is 0 Å². The van der Waals surface area contributed by atoms with E-state index in [0.717, 1.165) is 24.0 Å². The van der Waals surface area contributed by atoms with Crippen LogP contribution in [0.5, 0.6) is 5.75 Å². The van der Waals surface area contributed by atoms with Gasteiger partial charge in [-0.2, -0.15) is 8.42 Å². The van der Waals surface area contributed by atoms with Gasteiger partial charge in [0, 0.05) is 18.1 Å². The Labute approximate surface area is 124 Å². The van der Waals surface area contributed by atoms with E-state index in [1.807, 2.05) is 19.9 Å². The Hall–Kier alpha value is -1.79. The van der Waals surface area contributed by atoms with Gasteiger partial charge in [0.25, 0.3) is 10.1 Å². The summed E-state index contributed by atoms with van der Waals surface area (Å²) in [5, 5.41) is 14.5. The topological polar surface area (TPSA) is 86.6 Å². The number of anilines is 1. The lowest BCUT2D eigenvalue weighted by Gasteiger charge is -2.15. The summed E-state index contributed by atoms with van der Waals surface area (Å²) in [5.41, 5.74) is 2.23. The summed E-state index contributed by atoms with van der Waals surface area (Å²) in [6.45, 7) is 3.91. The first-order valence-electron chi connectivity index (χ1n) is 6.74. The van der Waals surface area contributed by atoms with Crippen molar-refractivity contribution in [1.82, 2.24) is 0 Å². The van der Waals surface area contributed by atoms with Gasteiger partial charge in [0.2, 0.25) is 0 Å². The minimum Gasteiger partial charge on any atom is -0.507 e. The highest BCUT2D eigenvalue weighted by Crippen LogP contribution is 2.38. The second-order valence-electron chi connectivity index (χ2n) is 5.06. The van der Waals surface area contributed by atoms with Crippen LogP contribution in [0.3, 0.4) is 0 Å². The molecule has 0 spiro atoms. The number of rotatable bonds is 4. The van der Waals surface area contributed by atoms with Gasteiger partial charge in [-0.3, -0.25) is 4.55 Å². The molecule has 0 aromatic heterocycles. The number of nitrogens with one attached hydrogen (secondary N) is 1. The van der Waals surface area contributed by atoms with Crippen LogP contribution in [-0.4, -0.2) is 25.1 Å². The van der Waals surface area contributed by atoms with E-state index in [9.17, 15) is 18.1 Å². The fourth-order valence-corrected chi connectivity index (χ4v) is 3.13. The van der Waals surface area contributed by atoms with Gasteiger partial charge in [-0.25, -0.2) is 0 Å². The van der Waals surface area contributed by atoms with Gasteiger partial charge in [0.05, 0.1) is 4.90 Å². The molecule has 0 saturated heterocycles. The fraction of sp³-hybridized carbons (Fsp3) is 0.333. The average Bonchev–Trinajstić information content (AvgIpc) is 2.40. The number of hydrogen-bond acceptors (Lipinski definition) is 4. The molecule has 21 heavy (non-hydrogen) atoms. The molecule has 114 valence electrons. The van der Waals surface area contributed by atoms with Crippen LogP contribution >= 0.6 is 0 Å². The summed E-state index contributed by atoms with van der Waals surface area (Å²) in [6.07, 6.45) is 1.65. The van der Waals surface area contributed by atoms with Crippen LogP contribution < -0.4 is 5.32 Å². The molecule has 0 fully saturated rings. The number of benzene rings is 2. The van der Waals surface area contributed by atoms with E-state index in [1.54, 1.807) is 7.05 Å². The SMILES string of the molecule is CCCc1c(C)cc2cc(S(=O)(=O)O)cc(NC)c2c1O. The fourth-order valence-electron chi connectivity index (χ4n) is 2.58. The summed E-state index contributed by atoms with van der Waals surface area (Å²) in [4.78, 5) is -0.193. The average molecular weight is 309 g/mol. The molecular weight excluding hydrogens is 290 g/mol. The predicted octanol–water partition coefficient (Wildman–Crippen LogP) is 3.09. The van der Waals surface area contributed by atoms with Crippen molar-refractivity contribution in [3.8, 4) is 5.75 Å². The van der Waals surface area contributed by atoms with Crippen molar-refractivity contribution >= 4 is 26.6 Å². The van der Waals surface area contributed by atoms with Gasteiger partial charge in [-0.1, -0.05) is 19.4 Å². The van der Waals surface area contributed by atoms with Gasteiger partial charge in [-0.05, 0) is 42.0 Å². The quantitative estimate of drug-likeness (QED) is 0.756. The molecule has 0 aliphatic heterocycles. The molecule has 0 atom stereocenters. The number of hydrogen-bond donors (Lipinski definition) is 3. The summed E-state index contributed by atoms with van der Waals surface area (Å²) in [5.74, 6) is 0.165. The maximum atomic E-state index is 11.3. The third-order valence-corrected chi connectivity index (χ3v) is 4.41. The smallest absolute Gasteiger partial charge is 0.294 e. The van der Waals surface area contributed by atoms with Crippen LogP contribution in [0.1, 0.15) is 24.5 Å². The molecule has 0 saturated carbocycles. The van der Waals surface area contributed by atoms with Crippen molar-refractivity contribution in [2.75, 3.05) is 12.4 Å². The molecule has 0 bridgehead atoms.